The van der Waals surface area contributed by atoms with E-state index in [9.17, 15) is 9.59 Å². The summed E-state index contributed by atoms with van der Waals surface area (Å²) in [5, 5.41) is 2.90. The van der Waals surface area contributed by atoms with Gasteiger partial charge >= 0.3 is 0 Å². The predicted molar refractivity (Wildman–Crippen MR) is 85.9 cm³/mol. The molecule has 0 aromatic carbocycles. The van der Waals surface area contributed by atoms with Crippen molar-refractivity contribution in [2.24, 2.45) is 5.92 Å². The van der Waals surface area contributed by atoms with Crippen LogP contribution in [0.4, 0.5) is 0 Å². The topological polar surface area (TPSA) is 49.4 Å². The van der Waals surface area contributed by atoms with E-state index in [1.807, 2.05) is 18.7 Å². The van der Waals surface area contributed by atoms with E-state index >= 15 is 0 Å². The lowest BCUT2D eigenvalue weighted by atomic mass is 9.95. The Labute approximate surface area is 129 Å². The van der Waals surface area contributed by atoms with Crippen molar-refractivity contribution in [1.82, 2.24) is 10.2 Å². The first-order valence-corrected chi connectivity index (χ1v) is 8.69. The van der Waals surface area contributed by atoms with Crippen molar-refractivity contribution in [3.05, 3.63) is 0 Å². The van der Waals surface area contributed by atoms with E-state index < -0.39 is 0 Å². The molecule has 3 unspecified atom stereocenters. The zero-order valence-electron chi connectivity index (χ0n) is 14.2. The number of rotatable bonds is 9. The molecule has 0 aromatic heterocycles. The Morgan fingerprint density at radius 3 is 2.38 bits per heavy atom. The third-order valence-corrected chi connectivity index (χ3v) is 4.54. The lowest BCUT2D eigenvalue weighted by molar-refractivity contribution is -0.150. The first-order valence-electron chi connectivity index (χ1n) is 8.69. The molecule has 1 fully saturated rings. The number of hydrogen-bond acceptors (Lipinski definition) is 2. The molecule has 1 saturated heterocycles. The molecule has 1 aliphatic rings. The molecule has 2 amide bonds. The Bertz CT molecular complexity index is 344. The lowest BCUT2D eigenvalue weighted by Crippen LogP contribution is -2.63. The number of nitrogens with one attached hydrogen (secondary N) is 1. The number of carbonyl (C=O) groups is 2. The molecule has 1 N–H and O–H groups in total. The number of nitrogens with zero attached hydrogens (tertiary/aromatic N) is 1. The van der Waals surface area contributed by atoms with Gasteiger partial charge in [-0.15, -0.1) is 0 Å². The normalized spacial score (nSPS) is 24.1. The zero-order valence-corrected chi connectivity index (χ0v) is 14.2. The van der Waals surface area contributed by atoms with Crippen LogP contribution in [0, 0.1) is 5.92 Å². The fourth-order valence-electron chi connectivity index (χ4n) is 3.13. The summed E-state index contributed by atoms with van der Waals surface area (Å²) in [6.45, 7) is 9.14. The second-order valence-corrected chi connectivity index (χ2v) is 6.18. The van der Waals surface area contributed by atoms with Gasteiger partial charge in [0.25, 0.3) is 0 Å². The van der Waals surface area contributed by atoms with Gasteiger partial charge in [-0.1, -0.05) is 53.4 Å². The summed E-state index contributed by atoms with van der Waals surface area (Å²) in [6.07, 6.45) is 6.94. The zero-order chi connectivity index (χ0) is 15.8. The van der Waals surface area contributed by atoms with Crippen LogP contribution in [0.5, 0.6) is 0 Å². The van der Waals surface area contributed by atoms with Crippen LogP contribution in [0.25, 0.3) is 0 Å². The second-order valence-electron chi connectivity index (χ2n) is 6.18. The van der Waals surface area contributed by atoms with Gasteiger partial charge in [-0.05, 0) is 25.2 Å². The van der Waals surface area contributed by atoms with Crippen LogP contribution in [0.3, 0.4) is 0 Å². The molecule has 21 heavy (non-hydrogen) atoms. The van der Waals surface area contributed by atoms with Crippen molar-refractivity contribution in [1.29, 1.82) is 0 Å². The molecule has 1 rings (SSSR count). The van der Waals surface area contributed by atoms with Gasteiger partial charge in [-0.3, -0.25) is 9.59 Å². The summed E-state index contributed by atoms with van der Waals surface area (Å²) >= 11 is 0. The number of unbranched alkanes of at least 4 members (excludes halogenated alkanes) is 1. The summed E-state index contributed by atoms with van der Waals surface area (Å²) in [7, 11) is 0. The Balaban J connectivity index is 2.80. The van der Waals surface area contributed by atoms with Crippen LogP contribution in [-0.2, 0) is 9.59 Å². The second kappa shape index (κ2) is 9.06. The minimum Gasteiger partial charge on any atom is -0.343 e. The molecule has 122 valence electrons. The van der Waals surface area contributed by atoms with Crippen molar-refractivity contribution < 1.29 is 9.59 Å². The summed E-state index contributed by atoms with van der Waals surface area (Å²) < 4.78 is 0. The highest BCUT2D eigenvalue weighted by molar-refractivity contribution is 5.96. The molecular weight excluding hydrogens is 264 g/mol. The number of piperazine rings is 1. The van der Waals surface area contributed by atoms with Crippen molar-refractivity contribution in [2.45, 2.75) is 84.7 Å². The summed E-state index contributed by atoms with van der Waals surface area (Å²) in [5.74, 6) is 0.662. The van der Waals surface area contributed by atoms with Crippen LogP contribution in [0.2, 0.25) is 0 Å². The van der Waals surface area contributed by atoms with Gasteiger partial charge in [0.1, 0.15) is 12.1 Å². The maximum Gasteiger partial charge on any atom is 0.245 e. The van der Waals surface area contributed by atoms with Gasteiger partial charge < -0.3 is 10.2 Å². The minimum absolute atomic E-state index is 0.0286. The SMILES string of the molecule is CCCCC(CC)CN1C(=O)C(CCC)NC(=O)C1CC. The Morgan fingerprint density at radius 2 is 1.86 bits per heavy atom. The molecule has 4 nitrogen and oxygen atoms in total. The van der Waals surface area contributed by atoms with E-state index in [1.54, 1.807) is 0 Å². The van der Waals surface area contributed by atoms with Gasteiger partial charge in [-0.25, -0.2) is 0 Å². The number of hydrogen-bond donors (Lipinski definition) is 1. The summed E-state index contributed by atoms with van der Waals surface area (Å²) in [6, 6.07) is -0.588. The standard InChI is InChI=1S/C17H32N2O2/c1-5-9-11-13(7-3)12-19-15(8-4)16(20)18-14(10-6-2)17(19)21/h13-15H,5-12H2,1-4H3,(H,18,20). The van der Waals surface area contributed by atoms with Crippen LogP contribution in [-0.4, -0.2) is 35.3 Å². The first-order chi connectivity index (χ1) is 10.1. The lowest BCUT2D eigenvalue weighted by Gasteiger charge is -2.40. The van der Waals surface area contributed by atoms with Gasteiger partial charge in [0.15, 0.2) is 0 Å². The van der Waals surface area contributed by atoms with Crippen molar-refractivity contribution in [3.8, 4) is 0 Å². The third-order valence-electron chi connectivity index (χ3n) is 4.54. The van der Waals surface area contributed by atoms with E-state index in [0.717, 1.165) is 32.2 Å². The van der Waals surface area contributed by atoms with Gasteiger partial charge in [0.2, 0.25) is 11.8 Å². The molecule has 1 aliphatic heterocycles. The van der Waals surface area contributed by atoms with Crippen molar-refractivity contribution in [2.75, 3.05) is 6.54 Å². The third kappa shape index (κ3) is 4.72. The Kier molecular flexibility index (Phi) is 7.76. The highest BCUT2D eigenvalue weighted by Crippen LogP contribution is 2.21. The molecule has 0 saturated carbocycles. The van der Waals surface area contributed by atoms with E-state index in [4.69, 9.17) is 0 Å². The predicted octanol–water partition coefficient (Wildman–Crippen LogP) is 3.11. The highest BCUT2D eigenvalue weighted by Gasteiger charge is 2.39. The molecule has 0 bridgehead atoms. The molecule has 3 atom stereocenters. The van der Waals surface area contributed by atoms with E-state index in [1.165, 1.54) is 12.8 Å². The fourth-order valence-corrected chi connectivity index (χ4v) is 3.13. The molecule has 4 heteroatoms. The quantitative estimate of drug-likeness (QED) is 0.710. The highest BCUT2D eigenvalue weighted by atomic mass is 16.2. The smallest absolute Gasteiger partial charge is 0.245 e. The summed E-state index contributed by atoms with van der Waals surface area (Å²) in [5.41, 5.74) is 0. The molecule has 0 spiro atoms. The minimum atomic E-state index is -0.311. The van der Waals surface area contributed by atoms with E-state index in [-0.39, 0.29) is 23.9 Å². The van der Waals surface area contributed by atoms with E-state index in [2.05, 4.69) is 19.2 Å². The maximum absolute atomic E-state index is 12.7. The number of carbonyl (C=O) groups excluding carboxylic acids is 2. The van der Waals surface area contributed by atoms with Crippen LogP contribution < -0.4 is 5.32 Å². The molecule has 0 aromatic rings. The van der Waals surface area contributed by atoms with Crippen molar-refractivity contribution >= 4 is 11.8 Å². The maximum atomic E-state index is 12.7. The number of amides is 2. The summed E-state index contributed by atoms with van der Waals surface area (Å²) in [4.78, 5) is 26.8. The van der Waals surface area contributed by atoms with Crippen LogP contribution >= 0.6 is 0 Å². The average molecular weight is 296 g/mol. The van der Waals surface area contributed by atoms with Crippen molar-refractivity contribution in [3.63, 3.8) is 0 Å². The van der Waals surface area contributed by atoms with Gasteiger partial charge in [0.05, 0.1) is 0 Å². The molecule has 0 aliphatic carbocycles. The van der Waals surface area contributed by atoms with Crippen LogP contribution in [0.15, 0.2) is 0 Å². The monoisotopic (exact) mass is 296 g/mol. The largest absolute Gasteiger partial charge is 0.343 e. The first kappa shape index (κ1) is 18.0. The average Bonchev–Trinajstić information content (AvgIpc) is 2.48. The Morgan fingerprint density at radius 1 is 1.14 bits per heavy atom. The molecule has 0 radical (unpaired) electrons. The van der Waals surface area contributed by atoms with E-state index in [0.29, 0.717) is 12.3 Å². The van der Waals surface area contributed by atoms with Gasteiger partial charge in [-0.2, -0.15) is 0 Å². The van der Waals surface area contributed by atoms with Crippen LogP contribution in [0.1, 0.15) is 72.6 Å². The Hall–Kier alpha value is -1.06. The van der Waals surface area contributed by atoms with Gasteiger partial charge in [0, 0.05) is 6.54 Å². The fraction of sp³-hybridized carbons (Fsp3) is 0.882. The molecular formula is C17H32N2O2. The molecule has 1 heterocycles.